The molecule has 0 unspecified atom stereocenters. The van der Waals surface area contributed by atoms with E-state index in [1.54, 1.807) is 11.3 Å². The molecule has 1 atom stereocenters. The van der Waals surface area contributed by atoms with Crippen LogP contribution in [0.5, 0.6) is 0 Å². The molecule has 4 rings (SSSR count). The van der Waals surface area contributed by atoms with Crippen molar-refractivity contribution in [1.29, 1.82) is 5.26 Å². The largest absolute Gasteiger partial charge is 0.297 e. The van der Waals surface area contributed by atoms with Gasteiger partial charge in [-0.1, -0.05) is 78.5 Å². The first-order valence-electron chi connectivity index (χ1n) is 8.94. The highest BCUT2D eigenvalue weighted by molar-refractivity contribution is 8.00. The van der Waals surface area contributed by atoms with Crippen molar-refractivity contribution in [2.45, 2.75) is 23.4 Å². The van der Waals surface area contributed by atoms with Crippen LogP contribution in [0.1, 0.15) is 11.1 Å². The molecular weight excluding hydrogens is 384 g/mol. The number of rotatable bonds is 7. The first-order valence-corrected chi connectivity index (χ1v) is 10.7. The third-order valence-corrected chi connectivity index (χ3v) is 6.23. The van der Waals surface area contributed by atoms with Gasteiger partial charge in [0.05, 0.1) is 17.5 Å². The van der Waals surface area contributed by atoms with Crippen molar-refractivity contribution in [1.82, 2.24) is 14.8 Å². The first kappa shape index (κ1) is 18.5. The fraction of sp³-hybridized carbons (Fsp3) is 0.136. The predicted octanol–water partition coefficient (Wildman–Crippen LogP) is 5.28. The van der Waals surface area contributed by atoms with Crippen LogP contribution in [0.2, 0.25) is 0 Å². The Balaban J connectivity index is 1.63. The number of thiophene rings is 1. The lowest BCUT2D eigenvalue weighted by atomic mass is 10.1. The summed E-state index contributed by atoms with van der Waals surface area (Å²) >= 11 is 3.12. The Kier molecular flexibility index (Phi) is 5.86. The summed E-state index contributed by atoms with van der Waals surface area (Å²) in [6.07, 6.45) is 0.675. The summed E-state index contributed by atoms with van der Waals surface area (Å²) in [5, 5.41) is 21.2. The number of aromatic nitrogens is 3. The maximum atomic E-state index is 9.69. The van der Waals surface area contributed by atoms with E-state index in [-0.39, 0.29) is 5.25 Å². The molecule has 4 aromatic rings. The Bertz CT molecular complexity index is 1050. The topological polar surface area (TPSA) is 54.5 Å². The minimum Gasteiger partial charge on any atom is -0.297 e. The molecule has 0 spiro atoms. The van der Waals surface area contributed by atoms with Gasteiger partial charge in [0.15, 0.2) is 11.0 Å². The van der Waals surface area contributed by atoms with Gasteiger partial charge in [-0.05, 0) is 29.0 Å². The molecule has 0 saturated carbocycles. The highest BCUT2D eigenvalue weighted by Crippen LogP contribution is 2.30. The first-order chi connectivity index (χ1) is 13.8. The van der Waals surface area contributed by atoms with E-state index >= 15 is 0 Å². The Morgan fingerprint density at radius 3 is 2.29 bits per heavy atom. The number of nitrogens with zero attached hydrogens (tertiary/aromatic N) is 4. The average molecular weight is 403 g/mol. The van der Waals surface area contributed by atoms with Crippen molar-refractivity contribution in [2.75, 3.05) is 0 Å². The number of thioether (sulfide) groups is 1. The molecule has 2 aromatic heterocycles. The van der Waals surface area contributed by atoms with E-state index in [1.165, 1.54) is 17.3 Å². The molecule has 0 bridgehead atoms. The molecule has 0 fully saturated rings. The van der Waals surface area contributed by atoms with E-state index < -0.39 is 0 Å². The van der Waals surface area contributed by atoms with Crippen molar-refractivity contribution in [3.8, 4) is 16.8 Å². The van der Waals surface area contributed by atoms with Gasteiger partial charge >= 0.3 is 0 Å². The molecule has 2 heterocycles. The van der Waals surface area contributed by atoms with Crippen LogP contribution >= 0.6 is 23.1 Å². The third kappa shape index (κ3) is 4.33. The summed E-state index contributed by atoms with van der Waals surface area (Å²) in [6.45, 7) is 0.674. The molecule has 138 valence electrons. The molecule has 0 N–H and O–H groups in total. The smallest absolute Gasteiger partial charge is 0.193 e. The van der Waals surface area contributed by atoms with Crippen molar-refractivity contribution in [2.24, 2.45) is 0 Å². The maximum absolute atomic E-state index is 9.69. The van der Waals surface area contributed by atoms with Crippen LogP contribution in [0.3, 0.4) is 0 Å². The lowest BCUT2D eigenvalue weighted by molar-refractivity contribution is 0.714. The maximum Gasteiger partial charge on any atom is 0.193 e. The zero-order valence-electron chi connectivity index (χ0n) is 15.1. The Morgan fingerprint density at radius 2 is 1.64 bits per heavy atom. The van der Waals surface area contributed by atoms with Gasteiger partial charge in [0.1, 0.15) is 5.25 Å². The zero-order chi connectivity index (χ0) is 19.2. The summed E-state index contributed by atoms with van der Waals surface area (Å²) in [5.41, 5.74) is 2.33. The minimum atomic E-state index is -0.225. The molecule has 28 heavy (non-hydrogen) atoms. The van der Waals surface area contributed by atoms with Gasteiger partial charge in [0.25, 0.3) is 0 Å². The third-order valence-electron chi connectivity index (χ3n) is 4.30. The van der Waals surface area contributed by atoms with Crippen molar-refractivity contribution in [3.05, 3.63) is 89.3 Å². The van der Waals surface area contributed by atoms with E-state index in [0.717, 1.165) is 21.4 Å². The summed E-state index contributed by atoms with van der Waals surface area (Å²) in [5.74, 6) is 0.845. The van der Waals surface area contributed by atoms with E-state index in [1.807, 2.05) is 47.8 Å². The van der Waals surface area contributed by atoms with Gasteiger partial charge in [-0.15, -0.1) is 21.5 Å². The number of benzene rings is 2. The van der Waals surface area contributed by atoms with Crippen LogP contribution in [-0.2, 0) is 13.0 Å². The monoisotopic (exact) mass is 402 g/mol. The molecular formula is C22H18N4S2. The van der Waals surface area contributed by atoms with Gasteiger partial charge in [-0.3, -0.25) is 4.57 Å². The Labute approximate surface area is 172 Å². The fourth-order valence-electron chi connectivity index (χ4n) is 2.94. The highest BCUT2D eigenvalue weighted by Gasteiger charge is 2.20. The number of hydrogen-bond acceptors (Lipinski definition) is 5. The minimum absolute atomic E-state index is 0.225. The molecule has 0 aliphatic carbocycles. The zero-order valence-corrected chi connectivity index (χ0v) is 16.7. The highest BCUT2D eigenvalue weighted by atomic mass is 32.2. The summed E-state index contributed by atoms with van der Waals surface area (Å²) < 4.78 is 2.11. The quantitative estimate of drug-likeness (QED) is 0.395. The van der Waals surface area contributed by atoms with Crippen LogP contribution in [0.15, 0.2) is 83.3 Å². The van der Waals surface area contributed by atoms with Crippen molar-refractivity contribution >= 4 is 23.1 Å². The van der Waals surface area contributed by atoms with Gasteiger partial charge < -0.3 is 0 Å². The van der Waals surface area contributed by atoms with E-state index in [2.05, 4.69) is 51.2 Å². The second-order valence-electron chi connectivity index (χ2n) is 6.28. The molecule has 2 aromatic carbocycles. The van der Waals surface area contributed by atoms with Crippen molar-refractivity contribution < 1.29 is 0 Å². The Morgan fingerprint density at radius 1 is 0.929 bits per heavy atom. The van der Waals surface area contributed by atoms with Gasteiger partial charge in [-0.2, -0.15) is 5.26 Å². The van der Waals surface area contributed by atoms with Gasteiger partial charge in [0, 0.05) is 0 Å². The van der Waals surface area contributed by atoms with Gasteiger partial charge in [0.2, 0.25) is 0 Å². The molecule has 4 nitrogen and oxygen atoms in total. The van der Waals surface area contributed by atoms with Crippen LogP contribution in [-0.4, -0.2) is 20.0 Å². The SMILES string of the molecule is N#C[C@H](Cc1ccccc1)Sc1nnc(-c2cccs2)n1Cc1ccccc1. The molecule has 0 saturated heterocycles. The lowest BCUT2D eigenvalue weighted by Gasteiger charge is -2.12. The summed E-state index contributed by atoms with van der Waals surface area (Å²) in [4.78, 5) is 1.08. The van der Waals surface area contributed by atoms with E-state index in [9.17, 15) is 5.26 Å². The van der Waals surface area contributed by atoms with Crippen LogP contribution in [0.25, 0.3) is 10.7 Å². The molecule has 0 aliphatic rings. The van der Waals surface area contributed by atoms with E-state index in [4.69, 9.17) is 0 Å². The molecule has 0 aliphatic heterocycles. The fourth-order valence-corrected chi connectivity index (χ4v) is 4.61. The molecule has 6 heteroatoms. The number of nitriles is 1. The second kappa shape index (κ2) is 8.87. The molecule has 0 radical (unpaired) electrons. The van der Waals surface area contributed by atoms with E-state index in [0.29, 0.717) is 13.0 Å². The predicted molar refractivity (Wildman–Crippen MR) is 114 cm³/mol. The normalized spacial score (nSPS) is 11.8. The van der Waals surface area contributed by atoms with Crippen LogP contribution in [0, 0.1) is 11.3 Å². The Hall–Kier alpha value is -2.88. The summed E-state index contributed by atoms with van der Waals surface area (Å²) in [7, 11) is 0. The lowest BCUT2D eigenvalue weighted by Crippen LogP contribution is -2.08. The van der Waals surface area contributed by atoms with Crippen LogP contribution < -0.4 is 0 Å². The molecule has 0 amide bonds. The average Bonchev–Trinajstić information content (AvgIpc) is 3.39. The standard InChI is InChI=1S/C22H18N4S2/c23-15-19(14-17-8-3-1-4-9-17)28-22-25-24-21(20-12-7-13-27-20)26(22)16-18-10-5-2-6-11-18/h1-13,19H,14,16H2/t19-/m0/s1. The summed E-state index contributed by atoms with van der Waals surface area (Å²) in [6, 6.07) is 26.8. The van der Waals surface area contributed by atoms with Crippen LogP contribution in [0.4, 0.5) is 0 Å². The van der Waals surface area contributed by atoms with Crippen molar-refractivity contribution in [3.63, 3.8) is 0 Å². The van der Waals surface area contributed by atoms with Gasteiger partial charge in [-0.25, -0.2) is 0 Å². The second-order valence-corrected chi connectivity index (χ2v) is 8.40. The number of hydrogen-bond donors (Lipinski definition) is 0.